The van der Waals surface area contributed by atoms with Gasteiger partial charge in [-0.1, -0.05) is 17.7 Å². The molecule has 0 saturated carbocycles. The molecule has 1 atom stereocenters. The smallest absolute Gasteiger partial charge is 0.0643 e. The Morgan fingerprint density at radius 3 is 2.19 bits per heavy atom. The molecule has 0 radical (unpaired) electrons. The van der Waals surface area contributed by atoms with Gasteiger partial charge in [0, 0.05) is 6.04 Å². The average molecular weight is 219 g/mol. The minimum absolute atomic E-state index is 0.412. The molecule has 88 valence electrons. The lowest BCUT2D eigenvalue weighted by Crippen LogP contribution is -2.47. The van der Waals surface area contributed by atoms with Crippen LogP contribution in [0.3, 0.4) is 0 Å². The van der Waals surface area contributed by atoms with E-state index in [1.165, 1.54) is 22.3 Å². The summed E-state index contributed by atoms with van der Waals surface area (Å²) in [7, 11) is 0. The van der Waals surface area contributed by atoms with Gasteiger partial charge in [0.15, 0.2) is 0 Å². The molecule has 0 amide bonds. The van der Waals surface area contributed by atoms with E-state index in [9.17, 15) is 0 Å². The third-order valence-corrected chi connectivity index (χ3v) is 3.29. The second kappa shape index (κ2) is 4.56. The van der Waals surface area contributed by atoms with E-state index in [0.717, 1.165) is 13.2 Å². The molecule has 1 aliphatic rings. The van der Waals surface area contributed by atoms with E-state index in [0.29, 0.717) is 12.1 Å². The zero-order valence-corrected chi connectivity index (χ0v) is 10.6. The minimum Gasteiger partial charge on any atom is -0.378 e. The van der Waals surface area contributed by atoms with Crippen LogP contribution in [0.2, 0.25) is 0 Å². The summed E-state index contributed by atoms with van der Waals surface area (Å²) >= 11 is 0. The number of benzene rings is 1. The Kier molecular flexibility index (Phi) is 3.31. The Morgan fingerprint density at radius 2 is 1.75 bits per heavy atom. The Hall–Kier alpha value is -0.860. The average Bonchev–Trinajstić information content (AvgIpc) is 2.09. The highest BCUT2D eigenvalue weighted by Crippen LogP contribution is 2.24. The van der Waals surface area contributed by atoms with E-state index < -0.39 is 0 Å². The van der Waals surface area contributed by atoms with Crippen molar-refractivity contribution in [2.75, 3.05) is 13.2 Å². The van der Waals surface area contributed by atoms with Crippen molar-refractivity contribution >= 4 is 0 Å². The molecule has 1 unspecified atom stereocenters. The Morgan fingerprint density at radius 1 is 1.19 bits per heavy atom. The summed E-state index contributed by atoms with van der Waals surface area (Å²) in [6, 6.07) is 5.47. The number of hydrogen-bond donors (Lipinski definition) is 1. The van der Waals surface area contributed by atoms with Gasteiger partial charge in [-0.3, -0.25) is 0 Å². The molecule has 1 fully saturated rings. The van der Waals surface area contributed by atoms with Gasteiger partial charge < -0.3 is 10.1 Å². The SMILES string of the molecule is Cc1cc(C)c(C(C)NC2COC2)c(C)c1. The van der Waals surface area contributed by atoms with Crippen LogP contribution in [0.1, 0.15) is 35.2 Å². The molecule has 1 aliphatic heterocycles. The summed E-state index contributed by atoms with van der Waals surface area (Å²) in [5.41, 5.74) is 5.56. The van der Waals surface area contributed by atoms with Crippen molar-refractivity contribution in [3.63, 3.8) is 0 Å². The van der Waals surface area contributed by atoms with Gasteiger partial charge in [-0.15, -0.1) is 0 Å². The largest absolute Gasteiger partial charge is 0.378 e. The van der Waals surface area contributed by atoms with Crippen LogP contribution < -0.4 is 5.32 Å². The van der Waals surface area contributed by atoms with Crippen molar-refractivity contribution in [2.24, 2.45) is 0 Å². The zero-order valence-electron chi connectivity index (χ0n) is 10.6. The van der Waals surface area contributed by atoms with Gasteiger partial charge in [-0.2, -0.15) is 0 Å². The molecule has 2 heteroatoms. The van der Waals surface area contributed by atoms with Crippen LogP contribution in [0.25, 0.3) is 0 Å². The molecule has 16 heavy (non-hydrogen) atoms. The normalized spacial score (nSPS) is 18.2. The Balaban J connectivity index is 2.17. The molecule has 1 aromatic rings. The first-order valence-corrected chi connectivity index (χ1v) is 5.99. The van der Waals surface area contributed by atoms with E-state index in [2.05, 4.69) is 45.1 Å². The summed E-state index contributed by atoms with van der Waals surface area (Å²) in [5.74, 6) is 0. The molecular weight excluding hydrogens is 198 g/mol. The van der Waals surface area contributed by atoms with E-state index in [4.69, 9.17) is 4.74 Å². The first kappa shape index (κ1) is 11.6. The molecule has 1 N–H and O–H groups in total. The maximum atomic E-state index is 5.19. The van der Waals surface area contributed by atoms with Crippen molar-refractivity contribution in [3.05, 3.63) is 34.4 Å². The second-order valence-electron chi connectivity index (χ2n) is 4.94. The van der Waals surface area contributed by atoms with Crippen molar-refractivity contribution in [3.8, 4) is 0 Å². The predicted octanol–water partition coefficient (Wildman–Crippen LogP) is 2.66. The van der Waals surface area contributed by atoms with E-state index in [-0.39, 0.29) is 0 Å². The Labute approximate surface area is 98.0 Å². The summed E-state index contributed by atoms with van der Waals surface area (Å²) in [5, 5.41) is 3.61. The van der Waals surface area contributed by atoms with Gasteiger partial charge in [-0.05, 0) is 44.4 Å². The molecule has 0 bridgehead atoms. The number of ether oxygens (including phenoxy) is 1. The standard InChI is InChI=1S/C14H21NO/c1-9-5-10(2)14(11(3)6-9)12(4)15-13-7-16-8-13/h5-6,12-13,15H,7-8H2,1-4H3. The van der Waals surface area contributed by atoms with E-state index >= 15 is 0 Å². The van der Waals surface area contributed by atoms with Gasteiger partial charge in [0.1, 0.15) is 0 Å². The van der Waals surface area contributed by atoms with Crippen LogP contribution in [-0.2, 0) is 4.74 Å². The van der Waals surface area contributed by atoms with Crippen LogP contribution in [0.5, 0.6) is 0 Å². The molecule has 2 nitrogen and oxygen atoms in total. The van der Waals surface area contributed by atoms with E-state index in [1.54, 1.807) is 0 Å². The van der Waals surface area contributed by atoms with Crippen molar-refractivity contribution in [1.82, 2.24) is 5.32 Å². The van der Waals surface area contributed by atoms with Crippen LogP contribution in [0.15, 0.2) is 12.1 Å². The highest BCUT2D eigenvalue weighted by Gasteiger charge is 2.22. The first-order chi connectivity index (χ1) is 7.58. The first-order valence-electron chi connectivity index (χ1n) is 5.99. The highest BCUT2D eigenvalue weighted by atomic mass is 16.5. The lowest BCUT2D eigenvalue weighted by molar-refractivity contribution is -0.00930. The van der Waals surface area contributed by atoms with Crippen LogP contribution >= 0.6 is 0 Å². The van der Waals surface area contributed by atoms with Crippen molar-refractivity contribution in [1.29, 1.82) is 0 Å². The third-order valence-electron chi connectivity index (χ3n) is 3.29. The van der Waals surface area contributed by atoms with Gasteiger partial charge in [-0.25, -0.2) is 0 Å². The van der Waals surface area contributed by atoms with Crippen LogP contribution in [-0.4, -0.2) is 19.3 Å². The molecule has 1 heterocycles. The molecular formula is C14H21NO. The molecule has 0 aliphatic carbocycles. The number of rotatable bonds is 3. The summed E-state index contributed by atoms with van der Waals surface area (Å²) in [6.45, 7) is 10.5. The van der Waals surface area contributed by atoms with Gasteiger partial charge in [0.05, 0.1) is 19.3 Å². The molecule has 1 aromatic carbocycles. The number of aryl methyl sites for hydroxylation is 3. The third kappa shape index (κ3) is 2.28. The quantitative estimate of drug-likeness (QED) is 0.844. The summed E-state index contributed by atoms with van der Waals surface area (Å²) < 4.78 is 5.19. The van der Waals surface area contributed by atoms with E-state index in [1.807, 2.05) is 0 Å². The fraction of sp³-hybridized carbons (Fsp3) is 0.571. The molecule has 0 spiro atoms. The minimum atomic E-state index is 0.412. The van der Waals surface area contributed by atoms with Crippen LogP contribution in [0.4, 0.5) is 0 Å². The highest BCUT2D eigenvalue weighted by molar-refractivity contribution is 5.39. The molecule has 2 rings (SSSR count). The van der Waals surface area contributed by atoms with Gasteiger partial charge >= 0.3 is 0 Å². The van der Waals surface area contributed by atoms with Crippen molar-refractivity contribution < 1.29 is 4.74 Å². The summed E-state index contributed by atoms with van der Waals surface area (Å²) in [6.07, 6.45) is 0. The second-order valence-corrected chi connectivity index (χ2v) is 4.94. The molecule has 1 saturated heterocycles. The molecule has 0 aromatic heterocycles. The predicted molar refractivity (Wildman–Crippen MR) is 66.8 cm³/mol. The number of nitrogens with one attached hydrogen (secondary N) is 1. The fourth-order valence-electron chi connectivity index (χ4n) is 2.64. The van der Waals surface area contributed by atoms with Crippen molar-refractivity contribution in [2.45, 2.75) is 39.8 Å². The topological polar surface area (TPSA) is 21.3 Å². The maximum Gasteiger partial charge on any atom is 0.0643 e. The van der Waals surface area contributed by atoms with Gasteiger partial charge in [0.25, 0.3) is 0 Å². The zero-order chi connectivity index (χ0) is 11.7. The number of hydrogen-bond acceptors (Lipinski definition) is 2. The fourth-order valence-corrected chi connectivity index (χ4v) is 2.64. The lowest BCUT2D eigenvalue weighted by Gasteiger charge is -2.31. The maximum absolute atomic E-state index is 5.19. The van der Waals surface area contributed by atoms with Crippen LogP contribution in [0, 0.1) is 20.8 Å². The summed E-state index contributed by atoms with van der Waals surface area (Å²) in [4.78, 5) is 0. The monoisotopic (exact) mass is 219 g/mol. The van der Waals surface area contributed by atoms with Gasteiger partial charge in [0.2, 0.25) is 0 Å². The Bertz CT molecular complexity index is 359. The lowest BCUT2D eigenvalue weighted by atomic mass is 9.94.